The third kappa shape index (κ3) is 5.00. The van der Waals surface area contributed by atoms with Crippen LogP contribution in [0.15, 0.2) is 33.6 Å². The van der Waals surface area contributed by atoms with Crippen molar-refractivity contribution in [3.8, 4) is 0 Å². The number of methoxy groups -OCH3 is 1. The van der Waals surface area contributed by atoms with Crippen molar-refractivity contribution in [3.63, 3.8) is 0 Å². The van der Waals surface area contributed by atoms with Crippen LogP contribution in [0.1, 0.15) is 0 Å². The molecule has 0 aliphatic carbocycles. The molecule has 0 unspecified atom stereocenters. The van der Waals surface area contributed by atoms with E-state index in [1.807, 2.05) is 12.1 Å². The molecule has 0 radical (unpaired) electrons. The molecule has 0 amide bonds. The molecule has 1 aromatic carbocycles. The topological polar surface area (TPSA) is 18.5 Å². The first-order valence-electron chi connectivity index (χ1n) is 4.28. The lowest BCUT2D eigenvalue weighted by Crippen LogP contribution is -2.00. The lowest BCUT2D eigenvalue weighted by molar-refractivity contribution is 0.0953. The number of ether oxygens (including phenoxy) is 2. The van der Waals surface area contributed by atoms with Crippen LogP contribution in [0.5, 0.6) is 0 Å². The first-order valence-corrected chi connectivity index (χ1v) is 6.06. The standard InChI is InChI=1S/C10H13BrO2S/c1-12-6-7-13-8-14-10-4-2-9(11)3-5-10/h2-5H,6-8H2,1H3. The van der Waals surface area contributed by atoms with Gasteiger partial charge in [-0.15, -0.1) is 0 Å². The second-order valence-electron chi connectivity index (χ2n) is 2.62. The fourth-order valence-corrected chi connectivity index (χ4v) is 1.77. The Bertz CT molecular complexity index is 251. The molecule has 0 saturated carbocycles. The van der Waals surface area contributed by atoms with Crippen LogP contribution in [-0.2, 0) is 9.47 Å². The van der Waals surface area contributed by atoms with Crippen molar-refractivity contribution >= 4 is 27.7 Å². The third-order valence-corrected chi connectivity index (χ3v) is 2.97. The largest absolute Gasteiger partial charge is 0.382 e. The summed E-state index contributed by atoms with van der Waals surface area (Å²) < 4.78 is 11.3. The van der Waals surface area contributed by atoms with Crippen molar-refractivity contribution in [2.75, 3.05) is 26.3 Å². The van der Waals surface area contributed by atoms with Gasteiger partial charge in [0.25, 0.3) is 0 Å². The maximum absolute atomic E-state index is 5.33. The first-order chi connectivity index (χ1) is 6.83. The molecule has 14 heavy (non-hydrogen) atoms. The van der Waals surface area contributed by atoms with Gasteiger partial charge in [0.05, 0.1) is 19.2 Å². The summed E-state index contributed by atoms with van der Waals surface area (Å²) in [7, 11) is 1.67. The smallest absolute Gasteiger partial charge is 0.0968 e. The van der Waals surface area contributed by atoms with Crippen LogP contribution in [0.25, 0.3) is 0 Å². The quantitative estimate of drug-likeness (QED) is 0.452. The molecule has 0 aromatic heterocycles. The van der Waals surface area contributed by atoms with Crippen molar-refractivity contribution in [1.82, 2.24) is 0 Å². The summed E-state index contributed by atoms with van der Waals surface area (Å²) in [6.07, 6.45) is 0. The van der Waals surface area contributed by atoms with Crippen LogP contribution in [0, 0.1) is 0 Å². The van der Waals surface area contributed by atoms with Crippen LogP contribution in [0.4, 0.5) is 0 Å². The van der Waals surface area contributed by atoms with Crippen molar-refractivity contribution in [3.05, 3.63) is 28.7 Å². The highest BCUT2D eigenvalue weighted by Crippen LogP contribution is 2.20. The summed E-state index contributed by atoms with van der Waals surface area (Å²) in [6, 6.07) is 8.18. The van der Waals surface area contributed by atoms with Gasteiger partial charge in [0.15, 0.2) is 0 Å². The second-order valence-corrected chi connectivity index (χ2v) is 4.53. The maximum Gasteiger partial charge on any atom is 0.0968 e. The molecule has 0 N–H and O–H groups in total. The monoisotopic (exact) mass is 276 g/mol. The lowest BCUT2D eigenvalue weighted by Gasteiger charge is -2.03. The molecule has 0 heterocycles. The zero-order valence-corrected chi connectivity index (χ0v) is 10.4. The van der Waals surface area contributed by atoms with Gasteiger partial charge >= 0.3 is 0 Å². The number of thioether (sulfide) groups is 1. The number of halogens is 1. The molecule has 0 fully saturated rings. The highest BCUT2D eigenvalue weighted by Gasteiger charge is 1.93. The zero-order chi connectivity index (χ0) is 10.2. The molecule has 0 bridgehead atoms. The molecule has 0 saturated heterocycles. The summed E-state index contributed by atoms with van der Waals surface area (Å²) in [6.45, 7) is 1.31. The van der Waals surface area contributed by atoms with Crippen molar-refractivity contribution in [2.45, 2.75) is 4.90 Å². The van der Waals surface area contributed by atoms with Gasteiger partial charge in [0.2, 0.25) is 0 Å². The Hall–Kier alpha value is -0.0300. The van der Waals surface area contributed by atoms with E-state index >= 15 is 0 Å². The molecule has 0 atom stereocenters. The van der Waals surface area contributed by atoms with Gasteiger partial charge in [-0.05, 0) is 24.3 Å². The zero-order valence-electron chi connectivity index (χ0n) is 8.03. The summed E-state index contributed by atoms with van der Waals surface area (Å²) >= 11 is 5.07. The van der Waals surface area contributed by atoms with Crippen LogP contribution < -0.4 is 0 Å². The van der Waals surface area contributed by atoms with E-state index in [1.165, 1.54) is 4.90 Å². The Morgan fingerprint density at radius 2 is 1.93 bits per heavy atom. The highest BCUT2D eigenvalue weighted by molar-refractivity contribution is 9.10. The molecule has 2 nitrogen and oxygen atoms in total. The van der Waals surface area contributed by atoms with Gasteiger partial charge in [0.1, 0.15) is 0 Å². The molecule has 0 aliphatic rings. The van der Waals surface area contributed by atoms with Crippen molar-refractivity contribution in [2.24, 2.45) is 0 Å². The summed E-state index contributed by atoms with van der Waals surface area (Å²) in [5.41, 5.74) is 0. The Kier molecular flexibility index (Phi) is 6.27. The van der Waals surface area contributed by atoms with Gasteiger partial charge in [-0.3, -0.25) is 0 Å². The van der Waals surface area contributed by atoms with E-state index in [-0.39, 0.29) is 0 Å². The molecule has 4 heteroatoms. The molecule has 0 aliphatic heterocycles. The molecule has 1 rings (SSSR count). The Balaban J connectivity index is 2.15. The van der Waals surface area contributed by atoms with Crippen molar-refractivity contribution < 1.29 is 9.47 Å². The van der Waals surface area contributed by atoms with Gasteiger partial charge < -0.3 is 9.47 Å². The minimum Gasteiger partial charge on any atom is -0.382 e. The van der Waals surface area contributed by atoms with E-state index < -0.39 is 0 Å². The number of hydrogen-bond acceptors (Lipinski definition) is 3. The molecule has 0 spiro atoms. The Morgan fingerprint density at radius 1 is 1.21 bits per heavy atom. The summed E-state index contributed by atoms with van der Waals surface area (Å²) in [5.74, 6) is 0.672. The molecule has 1 aromatic rings. The minimum atomic E-state index is 0.653. The van der Waals surface area contributed by atoms with E-state index in [0.717, 1.165) is 4.47 Å². The number of hydrogen-bond donors (Lipinski definition) is 0. The summed E-state index contributed by atoms with van der Waals surface area (Å²) in [4.78, 5) is 1.21. The average molecular weight is 277 g/mol. The van der Waals surface area contributed by atoms with E-state index in [2.05, 4.69) is 28.1 Å². The SMILES string of the molecule is COCCOCSc1ccc(Br)cc1. The van der Waals surface area contributed by atoms with Gasteiger partial charge in [0, 0.05) is 16.5 Å². The highest BCUT2D eigenvalue weighted by atomic mass is 79.9. The van der Waals surface area contributed by atoms with Crippen LogP contribution in [-0.4, -0.2) is 26.3 Å². The summed E-state index contributed by atoms with van der Waals surface area (Å²) in [5, 5.41) is 0. The maximum atomic E-state index is 5.33. The van der Waals surface area contributed by atoms with E-state index in [9.17, 15) is 0 Å². The number of benzene rings is 1. The van der Waals surface area contributed by atoms with Crippen LogP contribution in [0.2, 0.25) is 0 Å². The van der Waals surface area contributed by atoms with Gasteiger partial charge in [-0.25, -0.2) is 0 Å². The van der Waals surface area contributed by atoms with Crippen molar-refractivity contribution in [1.29, 1.82) is 0 Å². The Morgan fingerprint density at radius 3 is 2.57 bits per heavy atom. The van der Waals surface area contributed by atoms with Crippen LogP contribution >= 0.6 is 27.7 Å². The second kappa shape index (κ2) is 7.29. The number of rotatable bonds is 6. The lowest BCUT2D eigenvalue weighted by atomic mass is 10.4. The normalized spacial score (nSPS) is 10.4. The van der Waals surface area contributed by atoms with Gasteiger partial charge in [-0.1, -0.05) is 27.7 Å². The van der Waals surface area contributed by atoms with Crippen LogP contribution in [0.3, 0.4) is 0 Å². The fourth-order valence-electron chi connectivity index (χ4n) is 0.842. The minimum absolute atomic E-state index is 0.653. The van der Waals surface area contributed by atoms with E-state index in [4.69, 9.17) is 9.47 Å². The first kappa shape index (κ1) is 12.0. The molecular weight excluding hydrogens is 264 g/mol. The third-order valence-electron chi connectivity index (χ3n) is 1.55. The van der Waals surface area contributed by atoms with E-state index in [1.54, 1.807) is 18.9 Å². The fraction of sp³-hybridized carbons (Fsp3) is 0.400. The van der Waals surface area contributed by atoms with Gasteiger partial charge in [-0.2, -0.15) is 0 Å². The molecule has 78 valence electrons. The van der Waals surface area contributed by atoms with E-state index in [0.29, 0.717) is 19.2 Å². The Labute approximate surface area is 97.1 Å². The predicted molar refractivity (Wildman–Crippen MR) is 62.7 cm³/mol. The predicted octanol–water partition coefficient (Wildman–Crippen LogP) is 3.16. The molecular formula is C10H13BrO2S. The average Bonchev–Trinajstić information content (AvgIpc) is 2.21.